The second-order valence-electron chi connectivity index (χ2n) is 4.81. The van der Waals surface area contributed by atoms with Crippen LogP contribution >= 0.6 is 0 Å². The molecule has 1 amide bonds. The third-order valence-electron chi connectivity index (χ3n) is 3.19. The number of carbonyl (C=O) groups excluding carboxylic acids is 1. The van der Waals surface area contributed by atoms with Gasteiger partial charge in [0.15, 0.2) is 5.69 Å². The summed E-state index contributed by atoms with van der Waals surface area (Å²) in [7, 11) is -1.66. The molecule has 0 bridgehead atoms. The third kappa shape index (κ3) is 3.79. The number of sulfonamides is 1. The van der Waals surface area contributed by atoms with Gasteiger partial charge in [0.2, 0.25) is 10.0 Å². The van der Waals surface area contributed by atoms with Crippen molar-refractivity contribution in [2.24, 2.45) is 0 Å². The molecule has 0 unspecified atom stereocenters. The molecule has 2 aromatic rings. The maximum absolute atomic E-state index is 12.0. The number of hydrogen-bond donors (Lipinski definition) is 2. The molecule has 0 saturated heterocycles. The van der Waals surface area contributed by atoms with Gasteiger partial charge in [-0.15, -0.1) is 0 Å². The summed E-state index contributed by atoms with van der Waals surface area (Å²) in [5.41, 5.74) is 1.15. The summed E-state index contributed by atoms with van der Waals surface area (Å²) in [6.45, 7) is 0.750. The lowest BCUT2D eigenvalue weighted by Crippen LogP contribution is -2.31. The van der Waals surface area contributed by atoms with Crippen molar-refractivity contribution in [3.8, 4) is 0 Å². The van der Waals surface area contributed by atoms with Gasteiger partial charge >= 0.3 is 0 Å². The monoisotopic (exact) mass is 310 g/mol. The molecular formula is C13H18N4O3S. The predicted octanol–water partition coefficient (Wildman–Crippen LogP) is 0.574. The van der Waals surface area contributed by atoms with E-state index in [1.807, 2.05) is 24.3 Å². The molecule has 1 heterocycles. The molecule has 0 atom stereocenters. The SMILES string of the molecule is CN(CCCNC(=O)c1n[nH]c2ccccc12)S(C)(=O)=O. The van der Waals surface area contributed by atoms with E-state index < -0.39 is 10.0 Å². The second-order valence-corrected chi connectivity index (χ2v) is 6.90. The number of H-pyrrole nitrogens is 1. The molecule has 1 aromatic heterocycles. The molecule has 7 nitrogen and oxygen atoms in total. The molecule has 2 rings (SSSR count). The molecule has 0 fully saturated rings. The summed E-state index contributed by atoms with van der Waals surface area (Å²) in [4.78, 5) is 12.0. The minimum absolute atomic E-state index is 0.269. The minimum Gasteiger partial charge on any atom is -0.351 e. The van der Waals surface area contributed by atoms with Crippen molar-refractivity contribution in [1.82, 2.24) is 19.8 Å². The Bertz CT molecular complexity index is 739. The fourth-order valence-corrected chi connectivity index (χ4v) is 2.35. The average Bonchev–Trinajstić information content (AvgIpc) is 2.86. The first kappa shape index (κ1) is 15.5. The number of rotatable bonds is 6. The predicted molar refractivity (Wildman–Crippen MR) is 80.5 cm³/mol. The van der Waals surface area contributed by atoms with Gasteiger partial charge in [0.1, 0.15) is 0 Å². The lowest BCUT2D eigenvalue weighted by molar-refractivity contribution is 0.0949. The standard InChI is InChI=1S/C13H18N4O3S/c1-17(21(2,19)20)9-5-8-14-13(18)12-10-6-3-4-7-11(10)15-16-12/h3-4,6-7H,5,8-9H2,1-2H3,(H,14,18)(H,15,16). The molecular weight excluding hydrogens is 292 g/mol. The number of hydrogen-bond acceptors (Lipinski definition) is 4. The van der Waals surface area contributed by atoms with E-state index in [0.29, 0.717) is 25.2 Å². The van der Waals surface area contributed by atoms with Crippen LogP contribution in [0.1, 0.15) is 16.9 Å². The molecule has 0 spiro atoms. The number of fused-ring (bicyclic) bond motifs is 1. The summed E-state index contributed by atoms with van der Waals surface area (Å²) >= 11 is 0. The van der Waals surface area contributed by atoms with Crippen LogP contribution in [0.2, 0.25) is 0 Å². The van der Waals surface area contributed by atoms with Gasteiger partial charge in [-0.3, -0.25) is 9.89 Å². The van der Waals surface area contributed by atoms with Gasteiger partial charge in [-0.2, -0.15) is 5.10 Å². The Kier molecular flexibility index (Phi) is 4.59. The van der Waals surface area contributed by atoms with Crippen molar-refractivity contribution in [3.63, 3.8) is 0 Å². The van der Waals surface area contributed by atoms with Gasteiger partial charge < -0.3 is 5.32 Å². The number of nitrogens with one attached hydrogen (secondary N) is 2. The van der Waals surface area contributed by atoms with Gasteiger partial charge in [-0.25, -0.2) is 12.7 Å². The zero-order valence-electron chi connectivity index (χ0n) is 12.0. The number of aromatic amines is 1. The number of aromatic nitrogens is 2. The highest BCUT2D eigenvalue weighted by atomic mass is 32.2. The van der Waals surface area contributed by atoms with Crippen molar-refractivity contribution in [3.05, 3.63) is 30.0 Å². The molecule has 114 valence electrons. The van der Waals surface area contributed by atoms with Gasteiger partial charge in [0.05, 0.1) is 11.8 Å². The Hall–Kier alpha value is -1.93. The van der Waals surface area contributed by atoms with Crippen molar-refractivity contribution in [2.45, 2.75) is 6.42 Å². The van der Waals surface area contributed by atoms with E-state index in [0.717, 1.165) is 17.2 Å². The fraction of sp³-hybridized carbons (Fsp3) is 0.385. The van der Waals surface area contributed by atoms with E-state index in [4.69, 9.17) is 0 Å². The number of carbonyl (C=O) groups is 1. The van der Waals surface area contributed by atoms with Crippen LogP contribution in [-0.4, -0.2) is 55.2 Å². The molecule has 2 N–H and O–H groups in total. The maximum Gasteiger partial charge on any atom is 0.272 e. The highest BCUT2D eigenvalue weighted by molar-refractivity contribution is 7.88. The van der Waals surface area contributed by atoms with E-state index in [2.05, 4.69) is 15.5 Å². The molecule has 0 aliphatic carbocycles. The summed E-state index contributed by atoms with van der Waals surface area (Å²) in [5.74, 6) is -0.269. The van der Waals surface area contributed by atoms with Crippen molar-refractivity contribution >= 4 is 26.8 Å². The fourth-order valence-electron chi connectivity index (χ4n) is 1.89. The second kappa shape index (κ2) is 6.23. The Morgan fingerprint density at radius 1 is 1.38 bits per heavy atom. The highest BCUT2D eigenvalue weighted by Crippen LogP contribution is 2.14. The average molecular weight is 310 g/mol. The number of nitrogens with zero attached hydrogens (tertiary/aromatic N) is 2. The molecule has 0 aliphatic rings. The number of benzene rings is 1. The lowest BCUT2D eigenvalue weighted by Gasteiger charge is -2.13. The summed E-state index contributed by atoms with van der Waals surface area (Å²) in [6, 6.07) is 7.38. The Balaban J connectivity index is 1.88. The van der Waals surface area contributed by atoms with Crippen LogP contribution in [0, 0.1) is 0 Å². The van der Waals surface area contributed by atoms with Crippen LogP contribution in [0.15, 0.2) is 24.3 Å². The first-order valence-corrected chi connectivity index (χ1v) is 8.37. The van der Waals surface area contributed by atoms with E-state index in [-0.39, 0.29) is 5.91 Å². The van der Waals surface area contributed by atoms with Gasteiger partial charge in [-0.05, 0) is 12.5 Å². The first-order chi connectivity index (χ1) is 9.89. The van der Waals surface area contributed by atoms with Crippen LogP contribution in [0.25, 0.3) is 10.9 Å². The number of para-hydroxylation sites is 1. The minimum atomic E-state index is -3.17. The summed E-state index contributed by atoms with van der Waals surface area (Å²) in [6.07, 6.45) is 1.69. The largest absolute Gasteiger partial charge is 0.351 e. The smallest absolute Gasteiger partial charge is 0.272 e. The topological polar surface area (TPSA) is 95.2 Å². The van der Waals surface area contributed by atoms with Crippen LogP contribution in [-0.2, 0) is 10.0 Å². The first-order valence-electron chi connectivity index (χ1n) is 6.52. The Morgan fingerprint density at radius 2 is 2.10 bits per heavy atom. The van der Waals surface area contributed by atoms with Crippen molar-refractivity contribution < 1.29 is 13.2 Å². The van der Waals surface area contributed by atoms with E-state index in [1.54, 1.807) is 0 Å². The normalized spacial score (nSPS) is 12.0. The van der Waals surface area contributed by atoms with Crippen LogP contribution in [0.4, 0.5) is 0 Å². The molecule has 21 heavy (non-hydrogen) atoms. The van der Waals surface area contributed by atoms with Crippen LogP contribution < -0.4 is 5.32 Å². The molecule has 0 radical (unpaired) electrons. The van der Waals surface area contributed by atoms with Gasteiger partial charge in [0.25, 0.3) is 5.91 Å². The summed E-state index contributed by atoms with van der Waals surface area (Å²) in [5, 5.41) is 10.3. The molecule has 0 saturated carbocycles. The third-order valence-corrected chi connectivity index (χ3v) is 4.50. The quantitative estimate of drug-likeness (QED) is 0.763. The van der Waals surface area contributed by atoms with Gasteiger partial charge in [0, 0.05) is 25.5 Å². The maximum atomic E-state index is 12.0. The van der Waals surface area contributed by atoms with E-state index in [1.165, 1.54) is 11.4 Å². The Morgan fingerprint density at radius 3 is 2.81 bits per heavy atom. The Labute approximate surface area is 123 Å². The van der Waals surface area contributed by atoms with Crippen molar-refractivity contribution in [1.29, 1.82) is 0 Å². The summed E-state index contributed by atoms with van der Waals surface area (Å²) < 4.78 is 23.7. The molecule has 1 aromatic carbocycles. The van der Waals surface area contributed by atoms with E-state index >= 15 is 0 Å². The van der Waals surface area contributed by atoms with Crippen molar-refractivity contribution in [2.75, 3.05) is 26.4 Å². The van der Waals surface area contributed by atoms with Crippen LogP contribution in [0.5, 0.6) is 0 Å². The lowest BCUT2D eigenvalue weighted by atomic mass is 10.2. The number of amides is 1. The van der Waals surface area contributed by atoms with Gasteiger partial charge in [-0.1, -0.05) is 18.2 Å². The zero-order valence-corrected chi connectivity index (χ0v) is 12.8. The molecule has 8 heteroatoms. The molecule has 0 aliphatic heterocycles. The highest BCUT2D eigenvalue weighted by Gasteiger charge is 2.14. The zero-order chi connectivity index (χ0) is 15.5. The van der Waals surface area contributed by atoms with Crippen LogP contribution in [0.3, 0.4) is 0 Å². The van der Waals surface area contributed by atoms with E-state index in [9.17, 15) is 13.2 Å².